The highest BCUT2D eigenvalue weighted by molar-refractivity contribution is 7.98. The summed E-state index contributed by atoms with van der Waals surface area (Å²) in [5.74, 6) is 0.793. The minimum Gasteiger partial charge on any atom is -0.329 e. The fourth-order valence-electron chi connectivity index (χ4n) is 1.37. The average molecular weight is 248 g/mol. The van der Waals surface area contributed by atoms with Crippen molar-refractivity contribution in [3.63, 3.8) is 0 Å². The molecule has 0 spiro atoms. The van der Waals surface area contributed by atoms with E-state index in [1.165, 1.54) is 0 Å². The van der Waals surface area contributed by atoms with Gasteiger partial charge in [0.2, 0.25) is 6.41 Å². The van der Waals surface area contributed by atoms with Crippen LogP contribution in [-0.4, -0.2) is 21.2 Å². The Labute approximate surface area is 103 Å². The molecule has 0 aliphatic heterocycles. The monoisotopic (exact) mass is 248 g/mol. The van der Waals surface area contributed by atoms with Crippen molar-refractivity contribution < 1.29 is 4.79 Å². The summed E-state index contributed by atoms with van der Waals surface area (Å²) in [5.41, 5.74) is 1.93. The van der Waals surface area contributed by atoms with Crippen LogP contribution in [0, 0.1) is 0 Å². The number of amides is 1. The van der Waals surface area contributed by atoms with Crippen molar-refractivity contribution in [3.05, 3.63) is 36.2 Å². The molecule has 0 atom stereocenters. The molecule has 0 bridgehead atoms. The molecule has 0 aliphatic carbocycles. The number of hydrogen-bond acceptors (Lipinski definition) is 4. The zero-order chi connectivity index (χ0) is 12.1. The number of aryl methyl sites for hydroxylation is 1. The lowest BCUT2D eigenvalue weighted by molar-refractivity contribution is -0.105. The first-order valence-corrected chi connectivity index (χ1v) is 6.04. The van der Waals surface area contributed by atoms with Gasteiger partial charge in [0.1, 0.15) is 6.33 Å². The molecule has 6 heteroatoms. The quantitative estimate of drug-likeness (QED) is 0.646. The fraction of sp³-hybridized carbons (Fsp3) is 0.182. The third-order valence-electron chi connectivity index (χ3n) is 2.19. The highest BCUT2D eigenvalue weighted by Crippen LogP contribution is 2.21. The van der Waals surface area contributed by atoms with Crippen molar-refractivity contribution in [2.75, 3.05) is 5.32 Å². The van der Waals surface area contributed by atoms with Crippen LogP contribution >= 0.6 is 11.8 Å². The molecule has 2 rings (SSSR count). The van der Waals surface area contributed by atoms with Crippen LogP contribution in [0.2, 0.25) is 0 Å². The van der Waals surface area contributed by atoms with Gasteiger partial charge in [-0.15, -0.1) is 10.2 Å². The van der Waals surface area contributed by atoms with Gasteiger partial charge in [-0.3, -0.25) is 4.79 Å². The number of thioether (sulfide) groups is 1. The van der Waals surface area contributed by atoms with Gasteiger partial charge in [0.25, 0.3) is 0 Å². The Morgan fingerprint density at radius 1 is 1.53 bits per heavy atom. The molecule has 1 aromatic carbocycles. The van der Waals surface area contributed by atoms with E-state index in [2.05, 4.69) is 15.5 Å². The normalized spacial score (nSPS) is 10.2. The van der Waals surface area contributed by atoms with Gasteiger partial charge in [0.05, 0.1) is 0 Å². The topological polar surface area (TPSA) is 59.8 Å². The molecule has 1 aromatic heterocycles. The number of aromatic nitrogens is 3. The number of carbonyl (C=O) groups is 1. The first-order valence-electron chi connectivity index (χ1n) is 5.05. The maximum absolute atomic E-state index is 10.3. The largest absolute Gasteiger partial charge is 0.329 e. The van der Waals surface area contributed by atoms with E-state index in [1.54, 1.807) is 18.1 Å². The van der Waals surface area contributed by atoms with E-state index in [9.17, 15) is 4.79 Å². The summed E-state index contributed by atoms with van der Waals surface area (Å²) in [6, 6.07) is 7.72. The number of carbonyl (C=O) groups excluding carboxylic acids is 1. The summed E-state index contributed by atoms with van der Waals surface area (Å²) in [7, 11) is 1.91. The highest BCUT2D eigenvalue weighted by Gasteiger charge is 2.02. The SMILES string of the molecule is Cn1cnnc1SCc1cccc(NC=O)c1. The molecule has 17 heavy (non-hydrogen) atoms. The molecule has 0 aliphatic rings. The Bertz CT molecular complexity index is 512. The van der Waals surface area contributed by atoms with E-state index in [0.717, 1.165) is 22.2 Å². The Hall–Kier alpha value is -1.82. The van der Waals surface area contributed by atoms with Crippen LogP contribution < -0.4 is 5.32 Å². The van der Waals surface area contributed by atoms with Crippen LogP contribution in [0.25, 0.3) is 0 Å². The van der Waals surface area contributed by atoms with E-state index < -0.39 is 0 Å². The van der Waals surface area contributed by atoms with E-state index in [0.29, 0.717) is 6.41 Å². The molecule has 0 unspecified atom stereocenters. The van der Waals surface area contributed by atoms with Crippen molar-refractivity contribution in [2.45, 2.75) is 10.9 Å². The minimum absolute atomic E-state index is 0.676. The Morgan fingerprint density at radius 2 is 2.41 bits per heavy atom. The summed E-state index contributed by atoms with van der Waals surface area (Å²) in [4.78, 5) is 10.3. The highest BCUT2D eigenvalue weighted by atomic mass is 32.2. The molecule has 5 nitrogen and oxygen atoms in total. The number of nitrogens with zero attached hydrogens (tertiary/aromatic N) is 3. The Kier molecular flexibility index (Phi) is 3.77. The summed E-state index contributed by atoms with van der Waals surface area (Å²) in [5, 5.41) is 11.3. The molecular weight excluding hydrogens is 236 g/mol. The molecular formula is C11H12N4OS. The second-order valence-corrected chi connectivity index (χ2v) is 4.42. The molecule has 0 radical (unpaired) electrons. The molecule has 0 saturated heterocycles. The number of hydrogen-bond donors (Lipinski definition) is 1. The second-order valence-electron chi connectivity index (χ2n) is 3.48. The van der Waals surface area contributed by atoms with Crippen LogP contribution in [0.1, 0.15) is 5.56 Å². The van der Waals surface area contributed by atoms with Crippen LogP contribution in [-0.2, 0) is 17.6 Å². The second kappa shape index (κ2) is 5.49. The smallest absolute Gasteiger partial charge is 0.211 e. The first-order chi connectivity index (χ1) is 8.29. The molecule has 88 valence electrons. The predicted molar refractivity (Wildman–Crippen MR) is 66.7 cm³/mol. The summed E-state index contributed by atoms with van der Waals surface area (Å²) in [6.07, 6.45) is 2.35. The maximum atomic E-state index is 10.3. The van der Waals surface area contributed by atoms with E-state index >= 15 is 0 Å². The molecule has 1 N–H and O–H groups in total. The number of rotatable bonds is 5. The standard InChI is InChI=1S/C11H12N4OS/c1-15-7-13-14-11(15)17-6-9-3-2-4-10(5-9)12-8-16/h2-5,7-8H,6H2,1H3,(H,12,16). The fourth-order valence-corrected chi connectivity index (χ4v) is 2.20. The van der Waals surface area contributed by atoms with Crippen molar-refractivity contribution in [2.24, 2.45) is 7.05 Å². The summed E-state index contributed by atoms with van der Waals surface area (Å²) in [6.45, 7) is 0. The zero-order valence-electron chi connectivity index (χ0n) is 9.33. The summed E-state index contributed by atoms with van der Waals surface area (Å²) >= 11 is 1.61. The Morgan fingerprint density at radius 3 is 3.12 bits per heavy atom. The summed E-state index contributed by atoms with van der Waals surface area (Å²) < 4.78 is 1.87. The van der Waals surface area contributed by atoms with Crippen molar-refractivity contribution in [1.82, 2.24) is 14.8 Å². The third kappa shape index (κ3) is 3.07. The van der Waals surface area contributed by atoms with Crippen molar-refractivity contribution in [3.8, 4) is 0 Å². The van der Waals surface area contributed by atoms with E-state index in [4.69, 9.17) is 0 Å². The predicted octanol–water partition coefficient (Wildman–Crippen LogP) is 1.68. The molecule has 1 amide bonds. The van der Waals surface area contributed by atoms with Gasteiger partial charge < -0.3 is 9.88 Å². The zero-order valence-corrected chi connectivity index (χ0v) is 10.1. The van der Waals surface area contributed by atoms with Crippen LogP contribution in [0.3, 0.4) is 0 Å². The van der Waals surface area contributed by atoms with Crippen LogP contribution in [0.4, 0.5) is 5.69 Å². The van der Waals surface area contributed by atoms with Gasteiger partial charge >= 0.3 is 0 Å². The van der Waals surface area contributed by atoms with Gasteiger partial charge in [0, 0.05) is 18.5 Å². The number of benzene rings is 1. The lowest BCUT2D eigenvalue weighted by atomic mass is 10.2. The molecule has 0 saturated carbocycles. The number of nitrogens with one attached hydrogen (secondary N) is 1. The van der Waals surface area contributed by atoms with Gasteiger partial charge in [0.15, 0.2) is 5.16 Å². The maximum Gasteiger partial charge on any atom is 0.211 e. The Balaban J connectivity index is 2.01. The average Bonchev–Trinajstić information content (AvgIpc) is 2.73. The van der Waals surface area contributed by atoms with Crippen LogP contribution in [0.15, 0.2) is 35.7 Å². The van der Waals surface area contributed by atoms with Gasteiger partial charge in [-0.25, -0.2) is 0 Å². The lowest BCUT2D eigenvalue weighted by Crippen LogP contribution is -1.94. The molecule has 1 heterocycles. The van der Waals surface area contributed by atoms with Gasteiger partial charge in [-0.2, -0.15) is 0 Å². The lowest BCUT2D eigenvalue weighted by Gasteiger charge is -2.03. The van der Waals surface area contributed by atoms with Crippen molar-refractivity contribution in [1.29, 1.82) is 0 Å². The van der Waals surface area contributed by atoms with Crippen molar-refractivity contribution >= 4 is 23.9 Å². The number of anilines is 1. The van der Waals surface area contributed by atoms with Gasteiger partial charge in [-0.1, -0.05) is 23.9 Å². The van der Waals surface area contributed by atoms with E-state index in [1.807, 2.05) is 35.9 Å². The molecule has 0 fully saturated rings. The molecule has 2 aromatic rings. The third-order valence-corrected chi connectivity index (χ3v) is 3.30. The van der Waals surface area contributed by atoms with Gasteiger partial charge in [-0.05, 0) is 17.7 Å². The van der Waals surface area contributed by atoms with Crippen LogP contribution in [0.5, 0.6) is 0 Å². The first kappa shape index (κ1) is 11.7. The van der Waals surface area contributed by atoms with E-state index in [-0.39, 0.29) is 0 Å². The minimum atomic E-state index is 0.676.